The number of carboxylic acids is 1. The highest BCUT2D eigenvalue weighted by atomic mass is 32.1. The number of benzene rings is 1. The van der Waals surface area contributed by atoms with Crippen molar-refractivity contribution in [1.29, 1.82) is 0 Å². The van der Waals surface area contributed by atoms with Gasteiger partial charge in [0.05, 0.1) is 6.61 Å². The van der Waals surface area contributed by atoms with E-state index in [2.05, 4.69) is 22.9 Å². The molecule has 4 nitrogen and oxygen atoms in total. The van der Waals surface area contributed by atoms with Crippen molar-refractivity contribution < 1.29 is 19.4 Å². The van der Waals surface area contributed by atoms with E-state index in [1.54, 1.807) is 6.92 Å². The van der Waals surface area contributed by atoms with E-state index in [0.29, 0.717) is 25.6 Å². The fraction of sp³-hybridized carbons (Fsp3) is 0.348. The summed E-state index contributed by atoms with van der Waals surface area (Å²) in [4.78, 5) is 14.2. The van der Waals surface area contributed by atoms with Gasteiger partial charge in [0.1, 0.15) is 5.75 Å². The third-order valence-corrected chi connectivity index (χ3v) is 7.27. The molecule has 6 heteroatoms. The predicted molar refractivity (Wildman–Crippen MR) is 117 cm³/mol. The van der Waals surface area contributed by atoms with Gasteiger partial charge in [-0.3, -0.25) is 0 Å². The van der Waals surface area contributed by atoms with Gasteiger partial charge in [-0.25, -0.2) is 4.79 Å². The Morgan fingerprint density at radius 2 is 1.72 bits per heavy atom. The van der Waals surface area contributed by atoms with Crippen molar-refractivity contribution in [2.45, 2.75) is 38.2 Å². The van der Waals surface area contributed by atoms with Crippen molar-refractivity contribution in [3.05, 3.63) is 62.5 Å². The van der Waals surface area contributed by atoms with Gasteiger partial charge in [0.25, 0.3) is 0 Å². The van der Waals surface area contributed by atoms with Crippen LogP contribution in [-0.4, -0.2) is 30.4 Å². The molecule has 0 bridgehead atoms. The number of carbonyl (C=O) groups is 1. The molecule has 0 saturated heterocycles. The summed E-state index contributed by atoms with van der Waals surface area (Å²) < 4.78 is 11.2. The molecule has 0 spiro atoms. The van der Waals surface area contributed by atoms with Crippen molar-refractivity contribution in [1.82, 2.24) is 0 Å². The van der Waals surface area contributed by atoms with Gasteiger partial charge in [0, 0.05) is 28.7 Å². The number of thiophene rings is 2. The first-order valence-electron chi connectivity index (χ1n) is 9.88. The summed E-state index contributed by atoms with van der Waals surface area (Å²) in [5, 5.41) is 13.6. The van der Waals surface area contributed by atoms with Crippen molar-refractivity contribution in [3.63, 3.8) is 0 Å². The quantitative estimate of drug-likeness (QED) is 0.414. The maximum Gasteiger partial charge on any atom is 0.333 e. The van der Waals surface area contributed by atoms with E-state index in [0.717, 1.165) is 24.2 Å². The Hall–Kier alpha value is -2.15. The zero-order valence-corrected chi connectivity index (χ0v) is 17.9. The Balaban J connectivity index is 1.27. The Morgan fingerprint density at radius 3 is 2.31 bits per heavy atom. The molecule has 1 unspecified atom stereocenters. The van der Waals surface area contributed by atoms with E-state index in [1.807, 2.05) is 46.9 Å². The van der Waals surface area contributed by atoms with Crippen LogP contribution in [0.25, 0.3) is 11.1 Å². The largest absolute Gasteiger partial charge is 0.494 e. The first-order valence-corrected chi connectivity index (χ1v) is 11.6. The molecule has 1 aliphatic carbocycles. The van der Waals surface area contributed by atoms with Gasteiger partial charge in [-0.1, -0.05) is 12.1 Å². The van der Waals surface area contributed by atoms with Crippen molar-refractivity contribution in [3.8, 4) is 16.9 Å². The highest BCUT2D eigenvalue weighted by Crippen LogP contribution is 2.51. The second-order valence-corrected chi connectivity index (χ2v) is 8.97. The van der Waals surface area contributed by atoms with Crippen LogP contribution in [0.4, 0.5) is 0 Å². The maximum absolute atomic E-state index is 11.2. The van der Waals surface area contributed by atoms with Gasteiger partial charge in [0.15, 0.2) is 6.10 Å². The van der Waals surface area contributed by atoms with E-state index in [1.165, 1.54) is 20.9 Å². The average molecular weight is 429 g/mol. The number of hydrogen-bond acceptors (Lipinski definition) is 5. The average Bonchev–Trinajstić information content (AvgIpc) is 3.41. The molecule has 2 heterocycles. The standard InChI is InChI=1S/C23H24O4S2/c1-2-26-20(23(24)25)14-15-5-7-16(8-6-15)27-11-3-4-19-21-17(9-12-28-21)18-10-13-29-22(18)19/h5-10,12-13,19-20H,2-4,11,14H2,1H3,(H,24,25). The van der Waals surface area contributed by atoms with Crippen LogP contribution < -0.4 is 4.74 Å². The highest BCUT2D eigenvalue weighted by molar-refractivity contribution is 7.13. The molecule has 1 aliphatic rings. The molecule has 0 radical (unpaired) electrons. The lowest BCUT2D eigenvalue weighted by Crippen LogP contribution is -2.26. The summed E-state index contributed by atoms with van der Waals surface area (Å²) in [7, 11) is 0. The smallest absolute Gasteiger partial charge is 0.333 e. The summed E-state index contributed by atoms with van der Waals surface area (Å²) >= 11 is 3.72. The van der Waals surface area contributed by atoms with E-state index in [-0.39, 0.29) is 0 Å². The second-order valence-electron chi connectivity index (χ2n) is 7.07. The summed E-state index contributed by atoms with van der Waals surface area (Å²) in [6, 6.07) is 12.1. The maximum atomic E-state index is 11.2. The minimum Gasteiger partial charge on any atom is -0.494 e. The first-order chi connectivity index (χ1) is 14.2. The van der Waals surface area contributed by atoms with Gasteiger partial charge < -0.3 is 14.6 Å². The number of hydrogen-bond donors (Lipinski definition) is 1. The van der Waals surface area contributed by atoms with Crippen molar-refractivity contribution >= 4 is 28.6 Å². The third-order valence-electron chi connectivity index (χ3n) is 5.21. The molecular weight excluding hydrogens is 404 g/mol. The molecule has 1 aromatic carbocycles. The number of carboxylic acid groups (broad SMARTS) is 1. The van der Waals surface area contributed by atoms with Gasteiger partial charge in [-0.2, -0.15) is 0 Å². The number of aliphatic carboxylic acids is 1. The van der Waals surface area contributed by atoms with Gasteiger partial charge in [0.2, 0.25) is 0 Å². The number of rotatable bonds is 10. The molecule has 4 rings (SSSR count). The first kappa shape index (κ1) is 20.1. The van der Waals surface area contributed by atoms with E-state index in [9.17, 15) is 9.90 Å². The molecule has 0 aliphatic heterocycles. The molecule has 1 atom stereocenters. The van der Waals surface area contributed by atoms with Crippen molar-refractivity contribution in [2.24, 2.45) is 0 Å². The van der Waals surface area contributed by atoms with Crippen LogP contribution in [0.3, 0.4) is 0 Å². The highest BCUT2D eigenvalue weighted by Gasteiger charge is 2.30. The Bertz CT molecular complexity index is 917. The minimum absolute atomic E-state index is 0.359. The normalized spacial score (nSPS) is 13.8. The Morgan fingerprint density at radius 1 is 1.07 bits per heavy atom. The molecule has 152 valence electrons. The minimum atomic E-state index is -0.929. The molecule has 1 N–H and O–H groups in total. The summed E-state index contributed by atoms with van der Waals surface area (Å²) in [5.74, 6) is 0.400. The van der Waals surface area contributed by atoms with Crippen LogP contribution in [0.2, 0.25) is 0 Å². The van der Waals surface area contributed by atoms with Crippen LogP contribution in [0.5, 0.6) is 5.75 Å². The zero-order valence-electron chi connectivity index (χ0n) is 16.3. The molecule has 2 aromatic heterocycles. The van der Waals surface area contributed by atoms with Gasteiger partial charge in [-0.05, 0) is 71.5 Å². The molecular formula is C23H24O4S2. The number of fused-ring (bicyclic) bond motifs is 3. The molecule has 0 amide bonds. The van der Waals surface area contributed by atoms with Crippen LogP contribution in [0.15, 0.2) is 47.2 Å². The number of ether oxygens (including phenoxy) is 2. The van der Waals surface area contributed by atoms with E-state index in [4.69, 9.17) is 9.47 Å². The van der Waals surface area contributed by atoms with E-state index >= 15 is 0 Å². The molecule has 29 heavy (non-hydrogen) atoms. The van der Waals surface area contributed by atoms with Gasteiger partial charge in [-0.15, -0.1) is 22.7 Å². The Labute approximate surface area is 178 Å². The fourth-order valence-electron chi connectivity index (χ4n) is 3.84. The predicted octanol–water partition coefficient (Wildman–Crippen LogP) is 5.81. The lowest BCUT2D eigenvalue weighted by Gasteiger charge is -2.13. The molecule has 3 aromatic rings. The van der Waals surface area contributed by atoms with Crippen LogP contribution >= 0.6 is 22.7 Å². The lowest BCUT2D eigenvalue weighted by atomic mass is 10.0. The lowest BCUT2D eigenvalue weighted by molar-refractivity contribution is -0.149. The van der Waals surface area contributed by atoms with Crippen LogP contribution in [0.1, 0.15) is 41.0 Å². The zero-order chi connectivity index (χ0) is 20.2. The monoisotopic (exact) mass is 428 g/mol. The fourth-order valence-corrected chi connectivity index (χ4v) is 6.03. The summed E-state index contributed by atoms with van der Waals surface area (Å²) in [5.41, 5.74) is 3.76. The molecule has 0 fully saturated rings. The van der Waals surface area contributed by atoms with Crippen LogP contribution in [0, 0.1) is 0 Å². The SMILES string of the molecule is CCOC(Cc1ccc(OCCCC2c3sccc3-c3ccsc32)cc1)C(=O)O. The topological polar surface area (TPSA) is 55.8 Å². The second kappa shape index (κ2) is 9.11. The Kier molecular flexibility index (Phi) is 6.33. The molecule has 0 saturated carbocycles. The van der Waals surface area contributed by atoms with E-state index < -0.39 is 12.1 Å². The van der Waals surface area contributed by atoms with Crippen LogP contribution in [-0.2, 0) is 16.0 Å². The summed E-state index contributed by atoms with van der Waals surface area (Å²) in [6.45, 7) is 2.87. The van der Waals surface area contributed by atoms with Crippen molar-refractivity contribution in [2.75, 3.05) is 13.2 Å². The third kappa shape index (κ3) is 4.39. The van der Waals surface area contributed by atoms with Gasteiger partial charge >= 0.3 is 5.97 Å². The summed E-state index contributed by atoms with van der Waals surface area (Å²) in [6.07, 6.45) is 1.64.